The van der Waals surface area contributed by atoms with Crippen LogP contribution in [0.4, 0.5) is 16.2 Å². The summed E-state index contributed by atoms with van der Waals surface area (Å²) in [5, 5.41) is 16.3. The molecule has 3 aliphatic rings. The quantitative estimate of drug-likeness (QED) is 0.459. The van der Waals surface area contributed by atoms with E-state index in [-0.39, 0.29) is 29.7 Å². The Hall–Kier alpha value is -3.00. The van der Waals surface area contributed by atoms with Gasteiger partial charge in [-0.1, -0.05) is 0 Å². The number of hydrogen-bond donors (Lipinski definition) is 3. The second-order valence-electron chi connectivity index (χ2n) is 10.2. The molecule has 2 aromatic rings. The summed E-state index contributed by atoms with van der Waals surface area (Å²) in [6.07, 6.45) is 2.93. The standard InChI is InChI=1S/C26H34N6O5S2/c1-17(13-33)28-24(34)30-20-4-6-21(7-5-20)32-16-27-23(31-10-11-37-14-19(31)3)12-22(32)26(8-9-26)39(35,36)25-29-18(2)15-38-25/h4-7,12,15,17,19,33H,8-11,13-14,16H2,1-3H3,(H2,28,30,34)/t17-,19+/m1/s1. The van der Waals surface area contributed by atoms with E-state index in [1.165, 1.54) is 0 Å². The number of amidine groups is 1. The van der Waals surface area contributed by atoms with Crippen molar-refractivity contribution in [3.63, 3.8) is 0 Å². The van der Waals surface area contributed by atoms with Crippen molar-refractivity contribution in [3.05, 3.63) is 47.1 Å². The number of nitrogens with one attached hydrogen (secondary N) is 2. The molecule has 0 bridgehead atoms. The van der Waals surface area contributed by atoms with Crippen molar-refractivity contribution < 1.29 is 23.1 Å². The first-order valence-electron chi connectivity index (χ1n) is 13.0. The topological polar surface area (TPSA) is 136 Å². The lowest BCUT2D eigenvalue weighted by Crippen LogP contribution is -2.49. The van der Waals surface area contributed by atoms with Crippen LogP contribution < -0.4 is 15.5 Å². The number of thiazole rings is 1. The maximum absolute atomic E-state index is 14.0. The number of aliphatic hydroxyl groups excluding tert-OH is 1. The average molecular weight is 575 g/mol. The number of amides is 2. The van der Waals surface area contributed by atoms with Gasteiger partial charge in [0.2, 0.25) is 14.2 Å². The van der Waals surface area contributed by atoms with Gasteiger partial charge in [-0.3, -0.25) is 0 Å². The van der Waals surface area contributed by atoms with Crippen molar-refractivity contribution in [3.8, 4) is 0 Å². The van der Waals surface area contributed by atoms with Crippen molar-refractivity contribution in [2.75, 3.05) is 43.3 Å². The Morgan fingerprint density at radius 3 is 2.67 bits per heavy atom. The molecule has 2 aliphatic heterocycles. The van der Waals surface area contributed by atoms with Gasteiger partial charge in [0.05, 0.1) is 31.9 Å². The van der Waals surface area contributed by atoms with Crippen LogP contribution in [0.15, 0.2) is 50.8 Å². The third kappa shape index (κ3) is 5.40. The zero-order valence-electron chi connectivity index (χ0n) is 22.3. The van der Waals surface area contributed by atoms with E-state index in [9.17, 15) is 13.2 Å². The highest BCUT2D eigenvalue weighted by Gasteiger charge is 2.61. The van der Waals surface area contributed by atoms with Gasteiger partial charge >= 0.3 is 6.03 Å². The summed E-state index contributed by atoms with van der Waals surface area (Å²) in [7, 11) is -3.74. The summed E-state index contributed by atoms with van der Waals surface area (Å²) in [5.74, 6) is 0.766. The minimum absolute atomic E-state index is 0.125. The number of anilines is 2. The second-order valence-corrected chi connectivity index (χ2v) is 13.5. The molecule has 1 aromatic heterocycles. The molecule has 13 heteroatoms. The maximum atomic E-state index is 14.0. The van der Waals surface area contributed by atoms with Gasteiger partial charge in [0.1, 0.15) is 17.3 Å². The minimum Gasteiger partial charge on any atom is -0.394 e. The van der Waals surface area contributed by atoms with Crippen LogP contribution in [0.25, 0.3) is 0 Å². The highest BCUT2D eigenvalue weighted by atomic mass is 32.2. The van der Waals surface area contributed by atoms with Gasteiger partial charge < -0.3 is 30.3 Å². The van der Waals surface area contributed by atoms with Gasteiger partial charge in [-0.15, -0.1) is 11.3 Å². The number of morpholine rings is 1. The lowest BCUT2D eigenvalue weighted by Gasteiger charge is -2.39. The van der Waals surface area contributed by atoms with Gasteiger partial charge in [-0.2, -0.15) is 0 Å². The van der Waals surface area contributed by atoms with Crippen LogP contribution in [0.3, 0.4) is 0 Å². The first kappa shape index (κ1) is 27.6. The van der Waals surface area contributed by atoms with E-state index in [2.05, 4.69) is 27.4 Å². The number of aliphatic imine (C=N–C) groups is 1. The molecule has 0 radical (unpaired) electrons. The molecule has 39 heavy (non-hydrogen) atoms. The zero-order valence-corrected chi connectivity index (χ0v) is 23.9. The van der Waals surface area contributed by atoms with E-state index in [1.54, 1.807) is 31.4 Å². The van der Waals surface area contributed by atoms with Crippen LogP contribution in [0.5, 0.6) is 0 Å². The largest absolute Gasteiger partial charge is 0.394 e. The van der Waals surface area contributed by atoms with E-state index in [0.29, 0.717) is 49.7 Å². The monoisotopic (exact) mass is 574 g/mol. The number of ether oxygens (including phenoxy) is 1. The number of hydrogen-bond acceptors (Lipinski definition) is 10. The van der Waals surface area contributed by atoms with Crippen LogP contribution >= 0.6 is 11.3 Å². The first-order chi connectivity index (χ1) is 18.6. The smallest absolute Gasteiger partial charge is 0.319 e. The SMILES string of the molecule is Cc1csc(S(=O)(=O)C2(C3=CC(N4CCOC[C@@H]4C)=NCN3c3ccc(NC(=O)N[C@H](C)CO)cc3)CC2)n1. The summed E-state index contributed by atoms with van der Waals surface area (Å²) in [6.45, 7) is 7.55. The van der Waals surface area contributed by atoms with E-state index in [4.69, 9.17) is 14.8 Å². The van der Waals surface area contributed by atoms with Gasteiger partial charge in [-0.05, 0) is 57.9 Å². The lowest BCUT2D eigenvalue weighted by atomic mass is 10.1. The van der Waals surface area contributed by atoms with Crippen LogP contribution in [0.1, 0.15) is 32.4 Å². The molecule has 0 unspecified atom stereocenters. The predicted molar refractivity (Wildman–Crippen MR) is 151 cm³/mol. The Bertz CT molecular complexity index is 1380. The maximum Gasteiger partial charge on any atom is 0.319 e. The molecule has 1 aliphatic carbocycles. The van der Waals surface area contributed by atoms with E-state index >= 15 is 0 Å². The van der Waals surface area contributed by atoms with Crippen LogP contribution in [-0.2, 0) is 14.6 Å². The number of benzene rings is 1. The highest BCUT2D eigenvalue weighted by Crippen LogP contribution is 2.54. The van der Waals surface area contributed by atoms with Crippen molar-refractivity contribution in [2.45, 2.75) is 54.8 Å². The molecule has 0 spiro atoms. The number of aromatic nitrogens is 1. The Balaban J connectivity index is 1.47. The number of rotatable bonds is 7. The number of aryl methyl sites for hydroxylation is 1. The Labute approximate surface area is 232 Å². The van der Waals surface area contributed by atoms with Crippen LogP contribution in [0, 0.1) is 6.92 Å². The van der Waals surface area contributed by atoms with Crippen molar-refractivity contribution in [1.29, 1.82) is 0 Å². The Kier molecular flexibility index (Phi) is 7.68. The van der Waals surface area contributed by atoms with Crippen molar-refractivity contribution >= 4 is 44.4 Å². The molecular weight excluding hydrogens is 540 g/mol. The lowest BCUT2D eigenvalue weighted by molar-refractivity contribution is 0.0335. The highest BCUT2D eigenvalue weighted by molar-refractivity contribution is 7.95. The number of sulfone groups is 1. The molecule has 1 saturated heterocycles. The van der Waals surface area contributed by atoms with Crippen LogP contribution in [0.2, 0.25) is 0 Å². The van der Waals surface area contributed by atoms with E-state index in [1.807, 2.05) is 23.1 Å². The molecule has 210 valence electrons. The van der Waals surface area contributed by atoms with Gasteiger partial charge in [-0.25, -0.2) is 23.2 Å². The second kappa shape index (κ2) is 10.9. The number of carbonyl (C=O) groups is 1. The molecule has 2 atom stereocenters. The molecule has 2 fully saturated rings. The average Bonchev–Trinajstić information content (AvgIpc) is 3.63. The zero-order chi connectivity index (χ0) is 27.8. The molecule has 3 N–H and O–H groups in total. The molecule has 5 rings (SSSR count). The summed E-state index contributed by atoms with van der Waals surface area (Å²) in [5.41, 5.74) is 2.72. The third-order valence-electron chi connectivity index (χ3n) is 7.19. The Morgan fingerprint density at radius 1 is 1.31 bits per heavy atom. The van der Waals surface area contributed by atoms with Crippen molar-refractivity contribution in [1.82, 2.24) is 15.2 Å². The normalized spacial score (nSPS) is 21.6. The van der Waals surface area contributed by atoms with Crippen LogP contribution in [-0.4, -0.2) is 85.1 Å². The number of urea groups is 1. The van der Waals surface area contributed by atoms with Gasteiger partial charge in [0.15, 0.2) is 0 Å². The van der Waals surface area contributed by atoms with E-state index in [0.717, 1.165) is 22.9 Å². The predicted octanol–water partition coefficient (Wildman–Crippen LogP) is 2.74. The van der Waals surface area contributed by atoms with E-state index < -0.39 is 20.6 Å². The van der Waals surface area contributed by atoms with Gasteiger partial charge in [0.25, 0.3) is 0 Å². The molecule has 11 nitrogen and oxygen atoms in total. The molecule has 2 amide bonds. The van der Waals surface area contributed by atoms with Crippen molar-refractivity contribution in [2.24, 2.45) is 4.99 Å². The number of nitrogens with zero attached hydrogens (tertiary/aromatic N) is 4. The van der Waals surface area contributed by atoms with Gasteiger partial charge in [0, 0.05) is 40.8 Å². The summed E-state index contributed by atoms with van der Waals surface area (Å²) in [6, 6.07) is 6.54. The molecule has 1 saturated carbocycles. The summed E-state index contributed by atoms with van der Waals surface area (Å²) in [4.78, 5) is 25.5. The first-order valence-corrected chi connectivity index (χ1v) is 15.3. The fourth-order valence-electron chi connectivity index (χ4n) is 4.86. The molecule has 3 heterocycles. The minimum atomic E-state index is -3.74. The summed E-state index contributed by atoms with van der Waals surface area (Å²) < 4.78 is 32.6. The third-order valence-corrected chi connectivity index (χ3v) is 11.1. The molecule has 1 aromatic carbocycles. The molecular formula is C26H34N6O5S2. The summed E-state index contributed by atoms with van der Waals surface area (Å²) >= 11 is 1.16. The fraction of sp³-hybridized carbons (Fsp3) is 0.500. The fourth-order valence-corrected chi connectivity index (χ4v) is 8.20. The number of carbonyl (C=O) groups excluding carboxylic acids is 1. The Morgan fingerprint density at radius 2 is 2.05 bits per heavy atom. The number of aliphatic hydroxyl groups is 1.